The van der Waals surface area contributed by atoms with E-state index in [2.05, 4.69) is 9.72 Å². The molecule has 72 valence electrons. The molecule has 1 rings (SSSR count). The van der Waals surface area contributed by atoms with Gasteiger partial charge in [0.15, 0.2) is 0 Å². The van der Waals surface area contributed by atoms with Gasteiger partial charge < -0.3 is 10.5 Å². The van der Waals surface area contributed by atoms with Gasteiger partial charge in [0.05, 0.1) is 19.6 Å². The van der Waals surface area contributed by atoms with Crippen molar-refractivity contribution >= 4 is 17.3 Å². The van der Waals surface area contributed by atoms with Crippen molar-refractivity contribution in [1.29, 1.82) is 0 Å². The number of carbonyl (C=O) groups excluding carboxylic acids is 1. The van der Waals surface area contributed by atoms with Gasteiger partial charge in [0.1, 0.15) is 5.01 Å². The lowest BCUT2D eigenvalue weighted by molar-refractivity contribution is -0.141. The molecule has 0 saturated heterocycles. The molecular formula is C8H12N2O2S. The molecule has 0 aliphatic rings. The second-order valence-corrected chi connectivity index (χ2v) is 3.96. The van der Waals surface area contributed by atoms with E-state index in [1.807, 2.05) is 6.92 Å². The van der Waals surface area contributed by atoms with Crippen molar-refractivity contribution in [1.82, 2.24) is 4.98 Å². The minimum Gasteiger partial charge on any atom is -0.469 e. The Balaban J connectivity index is 2.58. The van der Waals surface area contributed by atoms with Gasteiger partial charge in [0.25, 0.3) is 0 Å². The molecule has 1 heterocycles. The Morgan fingerprint density at radius 3 is 3.00 bits per heavy atom. The topological polar surface area (TPSA) is 65.2 Å². The van der Waals surface area contributed by atoms with E-state index < -0.39 is 0 Å². The van der Waals surface area contributed by atoms with E-state index in [0.717, 1.165) is 9.88 Å². The number of hydrogen-bond donors (Lipinski definition) is 1. The maximum atomic E-state index is 10.9. The Morgan fingerprint density at radius 2 is 2.54 bits per heavy atom. The van der Waals surface area contributed by atoms with E-state index in [9.17, 15) is 4.79 Å². The van der Waals surface area contributed by atoms with Crippen LogP contribution in [0.4, 0.5) is 0 Å². The Labute approximate surface area is 80.7 Å². The van der Waals surface area contributed by atoms with Gasteiger partial charge in [-0.3, -0.25) is 4.79 Å². The number of methoxy groups -OCH3 is 1. The first-order valence-electron chi connectivity index (χ1n) is 3.88. The Hall–Kier alpha value is -0.940. The third-order valence-corrected chi connectivity index (χ3v) is 2.62. The highest BCUT2D eigenvalue weighted by atomic mass is 32.1. The van der Waals surface area contributed by atoms with Crippen LogP contribution < -0.4 is 5.73 Å². The van der Waals surface area contributed by atoms with Crippen molar-refractivity contribution in [3.8, 4) is 0 Å². The van der Waals surface area contributed by atoms with Gasteiger partial charge in [0, 0.05) is 11.1 Å². The van der Waals surface area contributed by atoms with E-state index in [4.69, 9.17) is 5.73 Å². The first-order chi connectivity index (χ1) is 6.13. The molecule has 1 aromatic rings. The molecule has 0 bridgehead atoms. The highest BCUT2D eigenvalue weighted by molar-refractivity contribution is 7.11. The quantitative estimate of drug-likeness (QED) is 0.740. The molecule has 0 radical (unpaired) electrons. The third kappa shape index (κ3) is 2.78. The summed E-state index contributed by atoms with van der Waals surface area (Å²) in [5, 5.41) is 0.780. The summed E-state index contributed by atoms with van der Waals surface area (Å²) in [4.78, 5) is 16.1. The normalized spacial score (nSPS) is 12.5. The maximum absolute atomic E-state index is 10.9. The molecule has 0 fully saturated rings. The minimum absolute atomic E-state index is 0.184. The predicted molar refractivity (Wildman–Crippen MR) is 50.4 cm³/mol. The summed E-state index contributed by atoms with van der Waals surface area (Å²) < 4.78 is 4.51. The average molecular weight is 200 g/mol. The molecule has 0 aliphatic carbocycles. The van der Waals surface area contributed by atoms with Crippen molar-refractivity contribution in [2.24, 2.45) is 5.73 Å². The molecular weight excluding hydrogens is 188 g/mol. The van der Waals surface area contributed by atoms with Crippen molar-refractivity contribution in [2.45, 2.75) is 19.4 Å². The molecule has 4 nitrogen and oxygen atoms in total. The van der Waals surface area contributed by atoms with E-state index in [0.29, 0.717) is 0 Å². The Kier molecular flexibility index (Phi) is 3.39. The van der Waals surface area contributed by atoms with Crippen molar-refractivity contribution in [3.05, 3.63) is 16.1 Å². The van der Waals surface area contributed by atoms with Crippen LogP contribution in [0.25, 0.3) is 0 Å². The van der Waals surface area contributed by atoms with Gasteiger partial charge >= 0.3 is 5.97 Å². The standard InChI is InChI=1S/C8H12N2O2S/c1-5-4-10-8(13-5)6(9)3-7(11)12-2/h4,6H,3,9H2,1-2H3. The fourth-order valence-electron chi connectivity index (χ4n) is 0.894. The first-order valence-corrected chi connectivity index (χ1v) is 4.70. The molecule has 1 aromatic heterocycles. The lowest BCUT2D eigenvalue weighted by Crippen LogP contribution is -2.15. The third-order valence-electron chi connectivity index (χ3n) is 1.57. The van der Waals surface area contributed by atoms with Crippen molar-refractivity contribution in [2.75, 3.05) is 7.11 Å². The Morgan fingerprint density at radius 1 is 1.85 bits per heavy atom. The second-order valence-electron chi connectivity index (χ2n) is 2.70. The van der Waals surface area contributed by atoms with Gasteiger partial charge in [-0.1, -0.05) is 0 Å². The van der Waals surface area contributed by atoms with Gasteiger partial charge in [-0.05, 0) is 6.92 Å². The number of aryl methyl sites for hydroxylation is 1. The van der Waals surface area contributed by atoms with Crippen LogP contribution in [0.5, 0.6) is 0 Å². The zero-order valence-electron chi connectivity index (χ0n) is 7.61. The summed E-state index contributed by atoms with van der Waals surface area (Å²) in [5.74, 6) is -0.305. The van der Waals surface area contributed by atoms with Gasteiger partial charge in [-0.25, -0.2) is 4.98 Å². The number of nitrogens with zero attached hydrogens (tertiary/aromatic N) is 1. The Bertz CT molecular complexity index is 298. The zero-order chi connectivity index (χ0) is 9.84. The van der Waals surface area contributed by atoms with Crippen LogP contribution in [0, 0.1) is 6.92 Å². The van der Waals surface area contributed by atoms with Gasteiger partial charge in [-0.15, -0.1) is 11.3 Å². The molecule has 0 spiro atoms. The lowest BCUT2D eigenvalue weighted by Gasteiger charge is -2.05. The molecule has 1 atom stereocenters. The lowest BCUT2D eigenvalue weighted by atomic mass is 10.2. The minimum atomic E-state index is -0.342. The maximum Gasteiger partial charge on any atom is 0.307 e. The zero-order valence-corrected chi connectivity index (χ0v) is 8.43. The van der Waals surface area contributed by atoms with Crippen LogP contribution in [0.1, 0.15) is 22.3 Å². The summed E-state index contributed by atoms with van der Waals surface area (Å²) >= 11 is 1.50. The number of rotatable bonds is 3. The number of ether oxygens (including phenoxy) is 1. The second kappa shape index (κ2) is 4.34. The molecule has 0 aromatic carbocycles. The number of esters is 1. The van der Waals surface area contributed by atoms with E-state index in [-0.39, 0.29) is 18.4 Å². The van der Waals surface area contributed by atoms with Crippen LogP contribution >= 0.6 is 11.3 Å². The van der Waals surface area contributed by atoms with E-state index >= 15 is 0 Å². The van der Waals surface area contributed by atoms with Crippen LogP contribution in [0.3, 0.4) is 0 Å². The van der Waals surface area contributed by atoms with E-state index in [1.165, 1.54) is 18.4 Å². The van der Waals surface area contributed by atoms with Crippen LogP contribution in [-0.2, 0) is 9.53 Å². The highest BCUT2D eigenvalue weighted by Crippen LogP contribution is 2.20. The molecule has 2 N–H and O–H groups in total. The number of carbonyl (C=O) groups is 1. The molecule has 0 amide bonds. The van der Waals surface area contributed by atoms with Crippen LogP contribution in [0.15, 0.2) is 6.20 Å². The molecule has 5 heteroatoms. The van der Waals surface area contributed by atoms with Gasteiger partial charge in [0.2, 0.25) is 0 Å². The first kappa shape index (κ1) is 10.1. The summed E-state index contributed by atoms with van der Waals surface area (Å²) in [7, 11) is 1.35. The number of aromatic nitrogens is 1. The SMILES string of the molecule is COC(=O)CC(N)c1ncc(C)s1. The predicted octanol–water partition coefficient (Wildman–Crippen LogP) is 1.01. The summed E-state index contributed by atoms with van der Waals surface area (Å²) in [5.41, 5.74) is 5.73. The summed E-state index contributed by atoms with van der Waals surface area (Å²) in [6.45, 7) is 1.95. The number of nitrogens with two attached hydrogens (primary N) is 1. The highest BCUT2D eigenvalue weighted by Gasteiger charge is 2.14. The fraction of sp³-hybridized carbons (Fsp3) is 0.500. The van der Waals surface area contributed by atoms with Gasteiger partial charge in [-0.2, -0.15) is 0 Å². The van der Waals surface area contributed by atoms with Crippen molar-refractivity contribution in [3.63, 3.8) is 0 Å². The number of thiazole rings is 1. The molecule has 1 unspecified atom stereocenters. The fourth-order valence-corrected chi connectivity index (χ4v) is 1.67. The van der Waals surface area contributed by atoms with Crippen LogP contribution in [-0.4, -0.2) is 18.1 Å². The molecule has 0 saturated carbocycles. The number of hydrogen-bond acceptors (Lipinski definition) is 5. The smallest absolute Gasteiger partial charge is 0.307 e. The monoisotopic (exact) mass is 200 g/mol. The molecule has 13 heavy (non-hydrogen) atoms. The summed E-state index contributed by atoms with van der Waals surface area (Å²) in [6.07, 6.45) is 1.93. The molecule has 0 aliphatic heterocycles. The largest absolute Gasteiger partial charge is 0.469 e. The average Bonchev–Trinajstić information content (AvgIpc) is 2.51. The van der Waals surface area contributed by atoms with Crippen LogP contribution in [0.2, 0.25) is 0 Å². The van der Waals surface area contributed by atoms with Crippen molar-refractivity contribution < 1.29 is 9.53 Å². The van der Waals surface area contributed by atoms with E-state index in [1.54, 1.807) is 6.20 Å². The summed E-state index contributed by atoms with van der Waals surface area (Å²) in [6, 6.07) is -0.342.